The topological polar surface area (TPSA) is 132 Å². The van der Waals surface area contributed by atoms with Gasteiger partial charge in [-0.05, 0) is 69.7 Å². The van der Waals surface area contributed by atoms with Crippen LogP contribution >= 0.6 is 0 Å². The van der Waals surface area contributed by atoms with E-state index < -0.39 is 23.3 Å². The van der Waals surface area contributed by atoms with E-state index in [9.17, 15) is 19.5 Å². The largest absolute Gasteiger partial charge is 0.458 e. The van der Waals surface area contributed by atoms with Crippen LogP contribution in [0.5, 0.6) is 0 Å². The molecule has 0 saturated carbocycles. The van der Waals surface area contributed by atoms with E-state index in [0.717, 1.165) is 22.1 Å². The first-order chi connectivity index (χ1) is 19.8. The summed E-state index contributed by atoms with van der Waals surface area (Å²) in [6.45, 7) is 9.68. The molecule has 3 N–H and O–H groups in total. The third-order valence-electron chi connectivity index (χ3n) is 8.56. The van der Waals surface area contributed by atoms with Crippen LogP contribution in [0.3, 0.4) is 0 Å². The minimum atomic E-state index is -1.93. The molecule has 3 aliphatic rings. The molecule has 2 aliphatic heterocycles. The summed E-state index contributed by atoms with van der Waals surface area (Å²) in [5, 5.41) is 18.4. The molecule has 0 radical (unpaired) electrons. The summed E-state index contributed by atoms with van der Waals surface area (Å²) >= 11 is 0. The van der Waals surface area contributed by atoms with Gasteiger partial charge in [0.15, 0.2) is 5.60 Å². The summed E-state index contributed by atoms with van der Waals surface area (Å²) in [4.78, 5) is 43.3. The van der Waals surface area contributed by atoms with Gasteiger partial charge in [-0.3, -0.25) is 4.79 Å². The Morgan fingerprint density at radius 1 is 1.24 bits per heavy atom. The number of halogens is 1. The fourth-order valence-electron chi connectivity index (χ4n) is 6.48. The zero-order valence-corrected chi connectivity index (χ0v) is 24.4. The molecule has 0 spiro atoms. The number of esters is 1. The fraction of sp³-hybridized carbons (Fsp3) is 0.484. The lowest BCUT2D eigenvalue weighted by Gasteiger charge is -2.31. The average molecular weight is 579 g/mol. The first kappa shape index (κ1) is 28.3. The van der Waals surface area contributed by atoms with Gasteiger partial charge in [-0.1, -0.05) is 6.92 Å². The zero-order chi connectivity index (χ0) is 30.1. The molecule has 42 heavy (non-hydrogen) atoms. The molecule has 6 rings (SSSR count). The van der Waals surface area contributed by atoms with Gasteiger partial charge >= 0.3 is 12.1 Å². The highest BCUT2D eigenvalue weighted by atomic mass is 19.1. The third-order valence-corrected chi connectivity index (χ3v) is 8.56. The second-order valence-corrected chi connectivity index (χ2v) is 12.3. The van der Waals surface area contributed by atoms with Crippen LogP contribution in [-0.4, -0.2) is 45.4 Å². The summed E-state index contributed by atoms with van der Waals surface area (Å²) in [6.07, 6.45) is 0.885. The maximum absolute atomic E-state index is 15.1. The molecule has 1 aliphatic carbocycles. The van der Waals surface area contributed by atoms with Gasteiger partial charge in [-0.2, -0.15) is 0 Å². The Hall–Kier alpha value is -3.83. The van der Waals surface area contributed by atoms with E-state index in [1.54, 1.807) is 45.3 Å². The van der Waals surface area contributed by atoms with Crippen LogP contribution in [0.15, 0.2) is 16.9 Å². The van der Waals surface area contributed by atoms with E-state index >= 15 is 4.39 Å². The van der Waals surface area contributed by atoms with Crippen LogP contribution in [0, 0.1) is 12.7 Å². The maximum Gasteiger partial charge on any atom is 0.407 e. The van der Waals surface area contributed by atoms with Crippen molar-refractivity contribution in [3.63, 3.8) is 0 Å². The smallest absolute Gasteiger partial charge is 0.407 e. The number of rotatable bonds is 5. The number of carbonyl (C=O) groups is 2. The van der Waals surface area contributed by atoms with Gasteiger partial charge in [0.05, 0.1) is 29.0 Å². The molecule has 222 valence electrons. The molecule has 3 aromatic rings. The number of cyclic esters (lactones) is 1. The van der Waals surface area contributed by atoms with Gasteiger partial charge in [0.1, 0.15) is 18.0 Å². The number of aromatic nitrogens is 2. The number of ether oxygens (including phenoxy) is 2. The maximum atomic E-state index is 15.1. The molecule has 0 bridgehead atoms. The van der Waals surface area contributed by atoms with E-state index in [4.69, 9.17) is 14.5 Å². The summed E-state index contributed by atoms with van der Waals surface area (Å²) < 4.78 is 27.2. The number of carbonyl (C=O) groups excluding carboxylic acids is 2. The van der Waals surface area contributed by atoms with Crippen molar-refractivity contribution in [3.05, 3.63) is 61.7 Å². The summed E-state index contributed by atoms with van der Waals surface area (Å²) in [6, 6.07) is 2.96. The van der Waals surface area contributed by atoms with Gasteiger partial charge in [-0.15, -0.1) is 0 Å². The van der Waals surface area contributed by atoms with Crippen molar-refractivity contribution in [1.29, 1.82) is 0 Å². The molecule has 4 heterocycles. The third kappa shape index (κ3) is 4.37. The Kier molecular flexibility index (Phi) is 6.65. The van der Waals surface area contributed by atoms with Crippen molar-refractivity contribution in [2.75, 3.05) is 13.1 Å². The van der Waals surface area contributed by atoms with Crippen molar-refractivity contribution in [3.8, 4) is 11.4 Å². The number of alkyl carbamates (subject to hydrolysis) is 1. The number of nitrogens with zero attached hydrogens (tertiary/aromatic N) is 2. The predicted molar refractivity (Wildman–Crippen MR) is 153 cm³/mol. The van der Waals surface area contributed by atoms with Crippen molar-refractivity contribution < 1.29 is 28.6 Å². The Bertz CT molecular complexity index is 1730. The molecule has 1 amide bonds. The molecule has 0 unspecified atom stereocenters. The molecular formula is C31H35FN4O6. The summed E-state index contributed by atoms with van der Waals surface area (Å²) in [5.41, 5.74) is 2.40. The Morgan fingerprint density at radius 2 is 2.00 bits per heavy atom. The van der Waals surface area contributed by atoms with Gasteiger partial charge in [0.25, 0.3) is 5.56 Å². The normalized spacial score (nSPS) is 20.5. The van der Waals surface area contributed by atoms with E-state index in [2.05, 4.69) is 10.6 Å². The zero-order valence-electron chi connectivity index (χ0n) is 24.4. The number of nitrogens with one attached hydrogen (secondary N) is 2. The molecule has 11 heteroatoms. The molecule has 0 fully saturated rings. The van der Waals surface area contributed by atoms with Gasteiger partial charge in [0.2, 0.25) is 0 Å². The van der Waals surface area contributed by atoms with E-state index in [-0.39, 0.29) is 48.1 Å². The van der Waals surface area contributed by atoms with Crippen LogP contribution in [0.1, 0.15) is 80.0 Å². The quantitative estimate of drug-likeness (QED) is 0.242. The Balaban J connectivity index is 1.43. The monoisotopic (exact) mass is 578 g/mol. The van der Waals surface area contributed by atoms with Crippen molar-refractivity contribution in [2.24, 2.45) is 0 Å². The van der Waals surface area contributed by atoms with Crippen molar-refractivity contribution in [1.82, 2.24) is 20.2 Å². The minimum Gasteiger partial charge on any atom is -0.458 e. The first-order valence-corrected chi connectivity index (χ1v) is 14.4. The van der Waals surface area contributed by atoms with Gasteiger partial charge < -0.3 is 29.8 Å². The Labute approximate surface area is 242 Å². The van der Waals surface area contributed by atoms with Crippen LogP contribution in [-0.2, 0) is 39.4 Å². The highest BCUT2D eigenvalue weighted by Gasteiger charge is 2.46. The van der Waals surface area contributed by atoms with Gasteiger partial charge in [-0.25, -0.2) is 19.0 Å². The molecule has 10 nitrogen and oxygen atoms in total. The van der Waals surface area contributed by atoms with E-state index in [1.807, 2.05) is 0 Å². The lowest BCUT2D eigenvalue weighted by atomic mass is 9.81. The van der Waals surface area contributed by atoms with E-state index in [0.29, 0.717) is 48.4 Å². The number of pyridine rings is 2. The van der Waals surface area contributed by atoms with Gasteiger partial charge in [0, 0.05) is 41.7 Å². The standard InChI is InChI=1S/C31H35FN4O6/c1-6-31(40)19-11-23-26-17(13-36(23)27(37)18(19)14-41-28(31)38)25-21(33-9-10-34-29(39)42-30(3,4)5)8-7-16-15(2)20(32)12-22(35-26)24(16)25/h11-12,21,33,40H,6-10,13-14H2,1-5H3,(H,34,39)/t21-,31-/m0/s1. The SMILES string of the molecule is CC[C@@]1(O)C(=O)OCc2c1cc1n(c2=O)Cc2c-1nc1cc(F)c(C)c3c1c2[C@@H](NCCNC(=O)OC(C)(C)C)CC3. The molecule has 1 aromatic carbocycles. The number of fused-ring (bicyclic) bond motifs is 5. The number of amides is 1. The van der Waals surface area contributed by atoms with Crippen LogP contribution in [0.25, 0.3) is 22.3 Å². The molecular weight excluding hydrogens is 543 g/mol. The second kappa shape index (κ2) is 9.88. The van der Waals surface area contributed by atoms with Crippen LogP contribution in [0.4, 0.5) is 9.18 Å². The lowest BCUT2D eigenvalue weighted by molar-refractivity contribution is -0.172. The number of aryl methyl sites for hydroxylation is 1. The predicted octanol–water partition coefficient (Wildman–Crippen LogP) is 3.63. The second-order valence-electron chi connectivity index (χ2n) is 12.3. The van der Waals surface area contributed by atoms with Crippen molar-refractivity contribution >= 4 is 23.0 Å². The highest BCUT2D eigenvalue weighted by Crippen LogP contribution is 2.45. The summed E-state index contributed by atoms with van der Waals surface area (Å²) in [5.74, 6) is -1.12. The lowest BCUT2D eigenvalue weighted by Crippen LogP contribution is -2.44. The average Bonchev–Trinajstić information content (AvgIpc) is 3.30. The number of benzene rings is 1. The fourth-order valence-corrected chi connectivity index (χ4v) is 6.48. The van der Waals surface area contributed by atoms with E-state index in [1.165, 1.54) is 6.07 Å². The first-order valence-electron chi connectivity index (χ1n) is 14.4. The number of aliphatic hydroxyl groups is 1. The molecule has 2 atom stereocenters. The summed E-state index contributed by atoms with van der Waals surface area (Å²) in [7, 11) is 0. The minimum absolute atomic E-state index is 0.0438. The van der Waals surface area contributed by atoms with Crippen LogP contribution in [0.2, 0.25) is 0 Å². The molecule has 2 aromatic heterocycles. The molecule has 0 saturated heterocycles. The highest BCUT2D eigenvalue weighted by molar-refractivity contribution is 5.93. The van der Waals surface area contributed by atoms with Crippen LogP contribution < -0.4 is 16.2 Å². The number of hydrogen-bond donors (Lipinski definition) is 3. The Morgan fingerprint density at radius 3 is 2.71 bits per heavy atom. The van der Waals surface area contributed by atoms with Crippen molar-refractivity contribution in [2.45, 2.75) is 84.3 Å². The number of hydrogen-bond acceptors (Lipinski definition) is 8.